The fourth-order valence-electron chi connectivity index (χ4n) is 12.6. The van der Waals surface area contributed by atoms with E-state index in [1.54, 1.807) is 0 Å². The Hall–Kier alpha value is -7.70. The third-order valence-corrected chi connectivity index (χ3v) is 16.4. The lowest BCUT2D eigenvalue weighted by Gasteiger charge is -2.48. The van der Waals surface area contributed by atoms with E-state index in [4.69, 9.17) is 13.9 Å². The van der Waals surface area contributed by atoms with Crippen LogP contribution in [0.25, 0.3) is 55.0 Å². The lowest BCUT2D eigenvalue weighted by molar-refractivity contribution is 0.332. The molecule has 5 nitrogen and oxygen atoms in total. The van der Waals surface area contributed by atoms with E-state index in [1.165, 1.54) is 72.1 Å². The Morgan fingerprint density at radius 3 is 1.93 bits per heavy atom. The lowest BCUT2D eigenvalue weighted by atomic mass is 9.43. The highest BCUT2D eigenvalue weighted by molar-refractivity contribution is 6.94. The third-order valence-electron chi connectivity index (χ3n) is 16.4. The van der Waals surface area contributed by atoms with Crippen molar-refractivity contribution in [1.29, 1.82) is 0 Å². The maximum Gasteiger partial charge on any atom is 0.333 e. The molecule has 0 amide bonds. The first-order chi connectivity index (χ1) is 34.2. The van der Waals surface area contributed by atoms with Gasteiger partial charge in [0.25, 0.3) is 0 Å². The maximum absolute atomic E-state index is 6.91. The summed E-state index contributed by atoms with van der Waals surface area (Å²) in [7, 11) is 0. The molecule has 14 rings (SSSR count). The summed E-state index contributed by atoms with van der Waals surface area (Å²) in [5.74, 6) is 2.81. The van der Waals surface area contributed by atoms with E-state index in [0.29, 0.717) is 23.0 Å². The van der Waals surface area contributed by atoms with Gasteiger partial charge < -0.3 is 23.6 Å². The van der Waals surface area contributed by atoms with E-state index in [0.717, 1.165) is 57.3 Å². The lowest BCUT2D eigenvalue weighted by Crippen LogP contribution is -2.61. The Labute approximate surface area is 416 Å². The van der Waals surface area contributed by atoms with Crippen LogP contribution in [0.2, 0.25) is 0 Å². The van der Waals surface area contributed by atoms with Gasteiger partial charge in [-0.2, -0.15) is 0 Å². The first-order valence-corrected chi connectivity index (χ1v) is 25.3. The molecule has 0 spiro atoms. The highest BCUT2D eigenvalue weighted by Gasteiger charge is 2.49. The van der Waals surface area contributed by atoms with Crippen molar-refractivity contribution in [3.8, 4) is 45.3 Å². The van der Waals surface area contributed by atoms with Crippen molar-refractivity contribution in [2.24, 2.45) is 0 Å². The smallest absolute Gasteiger partial charge is 0.333 e. The minimum absolute atomic E-state index is 0.0140. The zero-order valence-corrected chi connectivity index (χ0v) is 41.7. The fourth-order valence-corrected chi connectivity index (χ4v) is 12.6. The largest absolute Gasteiger partial charge is 0.456 e. The van der Waals surface area contributed by atoms with E-state index >= 15 is 0 Å². The van der Waals surface area contributed by atoms with Crippen molar-refractivity contribution in [3.05, 3.63) is 186 Å². The molecule has 346 valence electrons. The average Bonchev–Trinajstić information content (AvgIpc) is 3.76. The Morgan fingerprint density at radius 1 is 0.535 bits per heavy atom. The summed E-state index contributed by atoms with van der Waals surface area (Å²) < 4.78 is 20.6. The highest BCUT2D eigenvalue weighted by atomic mass is 16.6. The fraction of sp³-hybridized carbons (Fsp3) is 0.200. The van der Waals surface area contributed by atoms with Crippen molar-refractivity contribution < 1.29 is 13.9 Å². The first kappa shape index (κ1) is 42.2. The summed E-state index contributed by atoms with van der Waals surface area (Å²) in [6, 6.07) is 60.2. The number of anilines is 5. The van der Waals surface area contributed by atoms with Crippen LogP contribution in [0.5, 0.6) is 23.0 Å². The highest BCUT2D eigenvalue weighted by Crippen LogP contribution is 2.57. The molecule has 0 radical (unpaired) electrons. The Kier molecular flexibility index (Phi) is 8.73. The van der Waals surface area contributed by atoms with Gasteiger partial charge in [0.05, 0.1) is 5.69 Å². The Bertz CT molecular complexity index is 3910. The molecule has 0 atom stereocenters. The average molecular weight is 923 g/mol. The predicted molar refractivity (Wildman–Crippen MR) is 296 cm³/mol. The van der Waals surface area contributed by atoms with Crippen LogP contribution in [0, 0.1) is 6.92 Å². The quantitative estimate of drug-likeness (QED) is 0.165. The van der Waals surface area contributed by atoms with E-state index < -0.39 is 0 Å². The molecule has 0 unspecified atom stereocenters. The van der Waals surface area contributed by atoms with Crippen LogP contribution in [0.1, 0.15) is 83.6 Å². The zero-order chi connectivity index (χ0) is 48.3. The number of rotatable bonds is 3. The topological polar surface area (TPSA) is 38.1 Å². The van der Waals surface area contributed by atoms with Gasteiger partial charge in [-0.3, -0.25) is 0 Å². The Balaban J connectivity index is 1.17. The van der Waals surface area contributed by atoms with E-state index in [2.05, 4.69) is 205 Å². The zero-order valence-electron chi connectivity index (χ0n) is 41.7. The molecule has 0 fully saturated rings. The second-order valence-electron chi connectivity index (χ2n) is 22.8. The summed E-state index contributed by atoms with van der Waals surface area (Å²) in [4.78, 5) is 5.25. The van der Waals surface area contributed by atoms with Gasteiger partial charge in [0.1, 0.15) is 11.2 Å². The molecular formula is C65H55BN2O3. The molecule has 1 aromatic heterocycles. The molecule has 4 aliphatic rings. The summed E-state index contributed by atoms with van der Waals surface area (Å²) in [5.41, 5.74) is 19.9. The number of benzene rings is 9. The van der Waals surface area contributed by atoms with Crippen molar-refractivity contribution in [1.82, 2.24) is 0 Å². The van der Waals surface area contributed by atoms with Crippen molar-refractivity contribution >= 4 is 78.9 Å². The van der Waals surface area contributed by atoms with Gasteiger partial charge >= 0.3 is 6.85 Å². The van der Waals surface area contributed by atoms with Crippen LogP contribution in [-0.4, -0.2) is 6.85 Å². The molecule has 0 saturated carbocycles. The molecule has 0 saturated heterocycles. The van der Waals surface area contributed by atoms with E-state index in [9.17, 15) is 0 Å². The molecule has 4 heterocycles. The molecule has 6 heteroatoms. The van der Waals surface area contributed by atoms with E-state index in [1.807, 2.05) is 24.3 Å². The molecule has 3 aliphatic heterocycles. The number of ether oxygens (including phenoxy) is 2. The summed E-state index contributed by atoms with van der Waals surface area (Å²) in [5, 5.41) is 4.60. The van der Waals surface area contributed by atoms with Gasteiger partial charge in [-0.25, -0.2) is 0 Å². The first-order valence-electron chi connectivity index (χ1n) is 25.3. The normalized spacial score (nSPS) is 15.9. The standard InChI is InChI=1S/C65H55BN2O3/c1-38-32-46-47(65(7,8)31-30-64(46,5)6)35-51(38)67-52-37-58-57(70-54-24-16-17-25-55(54)71-58)36-48(52)66-61-45(33-40-20-12-13-21-42(40)62(61)67)59-50(28-29-56-60(59)43-22-14-15-23-53(43)69-56)68(66)49-27-26-41(63(2,3)4)34-44(49)39-18-10-9-11-19-39/h9-29,32-37H,30-31H2,1-8H3. The number of para-hydroxylation sites is 3. The van der Waals surface area contributed by atoms with E-state index in [-0.39, 0.29) is 23.1 Å². The monoisotopic (exact) mass is 922 g/mol. The van der Waals surface area contributed by atoms with Crippen LogP contribution >= 0.6 is 0 Å². The van der Waals surface area contributed by atoms with Crippen LogP contribution in [-0.2, 0) is 16.2 Å². The van der Waals surface area contributed by atoms with Gasteiger partial charge in [0.2, 0.25) is 0 Å². The maximum atomic E-state index is 6.91. The van der Waals surface area contributed by atoms with Gasteiger partial charge in [-0.05, 0) is 146 Å². The second kappa shape index (κ2) is 14.7. The minimum atomic E-state index is -0.304. The van der Waals surface area contributed by atoms with Gasteiger partial charge in [-0.1, -0.05) is 146 Å². The SMILES string of the molecule is Cc1cc2c(cc1N1c3cc4c(cc3B3c5c(cc6ccccc6c51)-c1c(ccc5oc6ccccc6c15)N3c1ccc(C(C)(C)C)cc1-c1ccccc1)Oc1ccccc1O4)C(C)(C)CCC2(C)C. The van der Waals surface area contributed by atoms with Crippen molar-refractivity contribution in [2.75, 3.05) is 9.71 Å². The van der Waals surface area contributed by atoms with Crippen LogP contribution < -0.4 is 30.1 Å². The van der Waals surface area contributed by atoms with Crippen molar-refractivity contribution in [3.63, 3.8) is 0 Å². The number of aryl methyl sites for hydroxylation is 1. The second-order valence-corrected chi connectivity index (χ2v) is 22.8. The van der Waals surface area contributed by atoms with Gasteiger partial charge in [-0.15, -0.1) is 0 Å². The number of hydrogen-bond donors (Lipinski definition) is 0. The predicted octanol–water partition coefficient (Wildman–Crippen LogP) is 17.0. The van der Waals surface area contributed by atoms with Gasteiger partial charge in [0.15, 0.2) is 23.0 Å². The molecule has 9 aromatic carbocycles. The summed E-state index contributed by atoms with van der Waals surface area (Å²) in [6.45, 7) is 18.6. The Morgan fingerprint density at radius 2 is 1.18 bits per heavy atom. The van der Waals surface area contributed by atoms with Crippen LogP contribution in [0.3, 0.4) is 0 Å². The third kappa shape index (κ3) is 6.13. The summed E-state index contributed by atoms with van der Waals surface area (Å²) in [6.07, 6.45) is 2.27. The van der Waals surface area contributed by atoms with Crippen LogP contribution in [0.4, 0.5) is 28.4 Å². The molecule has 0 N–H and O–H groups in total. The molecular weight excluding hydrogens is 868 g/mol. The van der Waals surface area contributed by atoms with Gasteiger partial charge in [0, 0.05) is 56.1 Å². The molecule has 1 aliphatic carbocycles. The summed E-state index contributed by atoms with van der Waals surface area (Å²) >= 11 is 0. The minimum Gasteiger partial charge on any atom is -0.456 e. The number of hydrogen-bond acceptors (Lipinski definition) is 5. The molecule has 0 bridgehead atoms. The number of fused-ring (bicyclic) bond motifs is 13. The van der Waals surface area contributed by atoms with Crippen molar-refractivity contribution in [2.45, 2.75) is 84.5 Å². The molecule has 71 heavy (non-hydrogen) atoms. The number of furan rings is 1. The molecule has 10 aromatic rings. The number of nitrogens with zero attached hydrogens (tertiary/aromatic N) is 2. The van der Waals surface area contributed by atoms with Crippen LogP contribution in [0.15, 0.2) is 168 Å².